The molecule has 3 nitrogen and oxygen atoms in total. The summed E-state index contributed by atoms with van der Waals surface area (Å²) >= 11 is 1.65. The third-order valence-corrected chi connectivity index (χ3v) is 3.19. The Balaban J connectivity index is 2.39. The summed E-state index contributed by atoms with van der Waals surface area (Å²) in [7, 11) is -0.250. The van der Waals surface area contributed by atoms with Crippen LogP contribution in [-0.4, -0.2) is 17.4 Å². The maximum Gasteiger partial charge on any atom is 0.330 e. The van der Waals surface area contributed by atoms with Crippen molar-refractivity contribution < 1.29 is 9.09 Å². The standard InChI is InChI=1S/C5H10NO2PS/c1-5(8-9-7)6-3-2-4-10-5/h6H,2-4H2,1H3. The molecule has 1 N–H and O–H groups in total. The van der Waals surface area contributed by atoms with Crippen molar-refractivity contribution in [1.82, 2.24) is 5.32 Å². The second kappa shape index (κ2) is 3.67. The highest BCUT2D eigenvalue weighted by Gasteiger charge is 2.27. The Kier molecular flexibility index (Phi) is 3.11. The molecule has 0 saturated carbocycles. The molecule has 0 aromatic carbocycles. The normalized spacial score (nSPS) is 34.5. The largest absolute Gasteiger partial charge is 0.330 e. The summed E-state index contributed by atoms with van der Waals surface area (Å²) in [6, 6.07) is 0. The molecule has 0 amide bonds. The summed E-state index contributed by atoms with van der Waals surface area (Å²) in [5.41, 5.74) is 0. The van der Waals surface area contributed by atoms with E-state index in [-0.39, 0.29) is 8.69 Å². The van der Waals surface area contributed by atoms with E-state index < -0.39 is 5.06 Å². The summed E-state index contributed by atoms with van der Waals surface area (Å²) in [6.07, 6.45) is 1.15. The Morgan fingerprint density at radius 2 is 2.60 bits per heavy atom. The summed E-state index contributed by atoms with van der Waals surface area (Å²) in [6.45, 7) is 2.83. The van der Waals surface area contributed by atoms with E-state index in [1.54, 1.807) is 11.8 Å². The van der Waals surface area contributed by atoms with Crippen molar-refractivity contribution in [3.8, 4) is 0 Å². The second-order valence-electron chi connectivity index (χ2n) is 2.24. The first-order chi connectivity index (χ1) is 4.77. The van der Waals surface area contributed by atoms with E-state index in [2.05, 4.69) is 5.32 Å². The van der Waals surface area contributed by atoms with E-state index >= 15 is 0 Å². The van der Waals surface area contributed by atoms with Gasteiger partial charge in [0.05, 0.1) is 0 Å². The SMILES string of the molecule is CC1(OP=O)NCCCS1. The second-order valence-corrected chi connectivity index (χ2v) is 4.05. The molecule has 1 unspecified atom stereocenters. The highest BCUT2D eigenvalue weighted by Crippen LogP contribution is 2.30. The van der Waals surface area contributed by atoms with Gasteiger partial charge >= 0.3 is 8.69 Å². The van der Waals surface area contributed by atoms with Crippen LogP contribution in [0.4, 0.5) is 0 Å². The van der Waals surface area contributed by atoms with E-state index in [0.717, 1.165) is 18.7 Å². The quantitative estimate of drug-likeness (QED) is 0.653. The molecule has 1 aliphatic heterocycles. The maximum atomic E-state index is 10.1. The molecule has 0 aromatic rings. The number of hydrogen-bond donors (Lipinski definition) is 1. The van der Waals surface area contributed by atoms with E-state index in [4.69, 9.17) is 4.52 Å². The van der Waals surface area contributed by atoms with E-state index in [1.165, 1.54) is 0 Å². The molecule has 1 atom stereocenters. The average molecular weight is 179 g/mol. The first kappa shape index (κ1) is 8.47. The molecule has 1 fully saturated rings. The Morgan fingerprint density at radius 1 is 1.80 bits per heavy atom. The Labute approximate surface area is 66.2 Å². The van der Waals surface area contributed by atoms with Gasteiger partial charge in [0, 0.05) is 0 Å². The predicted molar refractivity (Wildman–Crippen MR) is 42.2 cm³/mol. The van der Waals surface area contributed by atoms with Gasteiger partial charge in [-0.1, -0.05) is 0 Å². The highest BCUT2D eigenvalue weighted by molar-refractivity contribution is 8.00. The fourth-order valence-corrected chi connectivity index (χ4v) is 2.23. The fourth-order valence-electron chi connectivity index (χ4n) is 0.835. The first-order valence-electron chi connectivity index (χ1n) is 3.17. The molecular weight excluding hydrogens is 169 g/mol. The maximum absolute atomic E-state index is 10.1. The smallest absolute Gasteiger partial charge is 0.280 e. The minimum atomic E-state index is -0.429. The lowest BCUT2D eigenvalue weighted by atomic mass is 10.4. The van der Waals surface area contributed by atoms with E-state index in [9.17, 15) is 4.57 Å². The highest BCUT2D eigenvalue weighted by atomic mass is 32.2. The molecule has 10 heavy (non-hydrogen) atoms. The van der Waals surface area contributed by atoms with Gasteiger partial charge in [0.15, 0.2) is 5.06 Å². The molecule has 5 heteroatoms. The summed E-state index contributed by atoms with van der Waals surface area (Å²) in [5.74, 6) is 1.07. The van der Waals surface area contributed by atoms with Gasteiger partial charge in [-0.15, -0.1) is 11.8 Å². The third kappa shape index (κ3) is 2.20. The van der Waals surface area contributed by atoms with Crippen molar-refractivity contribution in [1.29, 1.82) is 0 Å². The van der Waals surface area contributed by atoms with Gasteiger partial charge in [-0.25, -0.2) is 4.57 Å². The first-order valence-corrected chi connectivity index (χ1v) is 4.88. The lowest BCUT2D eigenvalue weighted by molar-refractivity contribution is 0.162. The van der Waals surface area contributed by atoms with Crippen LogP contribution < -0.4 is 5.32 Å². The number of thioether (sulfide) groups is 1. The molecule has 0 radical (unpaired) electrons. The van der Waals surface area contributed by atoms with Gasteiger partial charge in [-0.2, -0.15) is 0 Å². The van der Waals surface area contributed by atoms with Crippen LogP contribution in [0.25, 0.3) is 0 Å². The van der Waals surface area contributed by atoms with Crippen LogP contribution in [0.5, 0.6) is 0 Å². The molecule has 0 aliphatic carbocycles. The van der Waals surface area contributed by atoms with Crippen LogP contribution >= 0.6 is 20.4 Å². The van der Waals surface area contributed by atoms with E-state index in [1.807, 2.05) is 6.92 Å². The fraction of sp³-hybridized carbons (Fsp3) is 1.00. The Hall–Kier alpha value is 0.370. The Morgan fingerprint density at radius 3 is 3.10 bits per heavy atom. The van der Waals surface area contributed by atoms with Gasteiger partial charge in [-0.05, 0) is 25.6 Å². The number of hydrogen-bond acceptors (Lipinski definition) is 4. The van der Waals surface area contributed by atoms with Gasteiger partial charge in [0.1, 0.15) is 0 Å². The lowest BCUT2D eigenvalue weighted by Gasteiger charge is -2.30. The average Bonchev–Trinajstić information content (AvgIpc) is 1.89. The molecule has 0 bridgehead atoms. The molecule has 1 saturated heterocycles. The summed E-state index contributed by atoms with van der Waals surface area (Å²) < 4.78 is 15.0. The zero-order chi connectivity index (χ0) is 7.45. The Bertz CT molecular complexity index is 127. The van der Waals surface area contributed by atoms with Crippen molar-refractivity contribution in [3.05, 3.63) is 0 Å². The van der Waals surface area contributed by atoms with Crippen molar-refractivity contribution in [2.45, 2.75) is 18.4 Å². The van der Waals surface area contributed by atoms with Gasteiger partial charge < -0.3 is 0 Å². The lowest BCUT2D eigenvalue weighted by Crippen LogP contribution is -2.43. The minimum absolute atomic E-state index is 0.250. The summed E-state index contributed by atoms with van der Waals surface area (Å²) in [4.78, 5) is 0. The van der Waals surface area contributed by atoms with Crippen molar-refractivity contribution in [2.24, 2.45) is 0 Å². The van der Waals surface area contributed by atoms with Crippen LogP contribution in [0, 0.1) is 0 Å². The predicted octanol–water partition coefficient (Wildman–Crippen LogP) is 1.61. The van der Waals surface area contributed by atoms with E-state index in [0.29, 0.717) is 0 Å². The molecule has 58 valence electrons. The summed E-state index contributed by atoms with van der Waals surface area (Å²) in [5, 5.41) is 2.70. The van der Waals surface area contributed by atoms with Gasteiger partial charge in [0.25, 0.3) is 0 Å². The minimum Gasteiger partial charge on any atom is -0.280 e. The van der Waals surface area contributed by atoms with Gasteiger partial charge in [-0.3, -0.25) is 9.84 Å². The zero-order valence-corrected chi connectivity index (χ0v) is 7.50. The molecule has 1 aliphatic rings. The molecular formula is C5H10NO2PS. The zero-order valence-electron chi connectivity index (χ0n) is 5.79. The van der Waals surface area contributed by atoms with Crippen LogP contribution in [-0.2, 0) is 9.09 Å². The molecule has 0 spiro atoms. The third-order valence-electron chi connectivity index (χ3n) is 1.36. The van der Waals surface area contributed by atoms with Crippen molar-refractivity contribution in [2.75, 3.05) is 12.3 Å². The molecule has 1 heterocycles. The van der Waals surface area contributed by atoms with Crippen molar-refractivity contribution >= 4 is 20.4 Å². The number of rotatable bonds is 2. The van der Waals surface area contributed by atoms with Crippen LogP contribution in [0.3, 0.4) is 0 Å². The molecule has 1 rings (SSSR count). The van der Waals surface area contributed by atoms with Crippen LogP contribution in [0.15, 0.2) is 0 Å². The van der Waals surface area contributed by atoms with Crippen LogP contribution in [0.1, 0.15) is 13.3 Å². The van der Waals surface area contributed by atoms with Gasteiger partial charge in [0.2, 0.25) is 0 Å². The van der Waals surface area contributed by atoms with Crippen LogP contribution in [0.2, 0.25) is 0 Å². The molecule has 0 aromatic heterocycles. The number of nitrogens with one attached hydrogen (secondary N) is 1. The topological polar surface area (TPSA) is 38.3 Å². The van der Waals surface area contributed by atoms with Crippen molar-refractivity contribution in [3.63, 3.8) is 0 Å². The monoisotopic (exact) mass is 179 g/mol.